The average Bonchev–Trinajstić information content (AvgIpc) is 2.14. The highest BCUT2D eigenvalue weighted by molar-refractivity contribution is 5.74. The Labute approximate surface area is 102 Å². The van der Waals surface area contributed by atoms with Gasteiger partial charge in [0, 0.05) is 19.0 Å². The van der Waals surface area contributed by atoms with Crippen molar-refractivity contribution in [3.05, 3.63) is 0 Å². The summed E-state index contributed by atoms with van der Waals surface area (Å²) in [6, 6.07) is -0.115. The Morgan fingerprint density at radius 3 is 2.65 bits per heavy atom. The Morgan fingerprint density at radius 1 is 1.41 bits per heavy atom. The van der Waals surface area contributed by atoms with Gasteiger partial charge in [0.1, 0.15) is 0 Å². The van der Waals surface area contributed by atoms with E-state index < -0.39 is 5.97 Å². The fourth-order valence-corrected chi connectivity index (χ4v) is 1.84. The van der Waals surface area contributed by atoms with Crippen LogP contribution < -0.4 is 10.6 Å². The van der Waals surface area contributed by atoms with Crippen molar-refractivity contribution in [1.82, 2.24) is 10.6 Å². The number of carboxylic acids is 1. The van der Waals surface area contributed by atoms with E-state index in [9.17, 15) is 9.59 Å². The van der Waals surface area contributed by atoms with Crippen LogP contribution in [0, 0.1) is 5.92 Å². The molecule has 3 N–H and O–H groups in total. The first kappa shape index (κ1) is 13.8. The number of hydrogen-bond donors (Lipinski definition) is 3. The zero-order valence-corrected chi connectivity index (χ0v) is 10.4. The lowest BCUT2D eigenvalue weighted by atomic mass is 9.85. The van der Waals surface area contributed by atoms with Crippen molar-refractivity contribution < 1.29 is 14.7 Å². The van der Waals surface area contributed by atoms with Crippen molar-refractivity contribution in [1.29, 1.82) is 0 Å². The van der Waals surface area contributed by atoms with Crippen LogP contribution in [0.25, 0.3) is 0 Å². The number of aliphatic carboxylic acids is 1. The number of carbonyl (C=O) groups excluding carboxylic acids is 1. The van der Waals surface area contributed by atoms with E-state index in [1.807, 2.05) is 6.92 Å². The molecule has 98 valence electrons. The second-order valence-electron chi connectivity index (χ2n) is 4.84. The lowest BCUT2D eigenvalue weighted by molar-refractivity contribution is -0.137. The minimum atomic E-state index is -0.786. The number of carboxylic acid groups (broad SMARTS) is 1. The smallest absolute Gasteiger partial charge is 0.315 e. The molecule has 1 rings (SSSR count). The van der Waals surface area contributed by atoms with E-state index in [-0.39, 0.29) is 18.5 Å². The van der Waals surface area contributed by atoms with Crippen molar-refractivity contribution >= 4 is 12.0 Å². The minimum absolute atomic E-state index is 0.0238. The molecule has 0 bridgehead atoms. The second kappa shape index (κ2) is 7.14. The van der Waals surface area contributed by atoms with Crippen molar-refractivity contribution in [3.63, 3.8) is 0 Å². The van der Waals surface area contributed by atoms with E-state index in [0.717, 1.165) is 6.54 Å². The molecule has 0 aromatic rings. The van der Waals surface area contributed by atoms with Gasteiger partial charge in [0.15, 0.2) is 0 Å². The summed E-state index contributed by atoms with van der Waals surface area (Å²) >= 11 is 0. The summed E-state index contributed by atoms with van der Waals surface area (Å²) < 4.78 is 0. The van der Waals surface area contributed by atoms with Crippen molar-refractivity contribution in [3.8, 4) is 0 Å². The molecule has 5 nitrogen and oxygen atoms in total. The molecule has 1 aliphatic carbocycles. The van der Waals surface area contributed by atoms with Gasteiger partial charge in [-0.2, -0.15) is 0 Å². The second-order valence-corrected chi connectivity index (χ2v) is 4.84. The molecular weight excluding hydrogens is 220 g/mol. The van der Waals surface area contributed by atoms with Crippen LogP contribution in [0.5, 0.6) is 0 Å². The molecule has 0 radical (unpaired) electrons. The van der Waals surface area contributed by atoms with E-state index in [1.165, 1.54) is 19.3 Å². The molecule has 1 unspecified atom stereocenters. The van der Waals surface area contributed by atoms with Crippen LogP contribution in [-0.2, 0) is 4.79 Å². The van der Waals surface area contributed by atoms with E-state index in [2.05, 4.69) is 10.6 Å². The van der Waals surface area contributed by atoms with E-state index in [4.69, 9.17) is 5.11 Å². The zero-order chi connectivity index (χ0) is 12.7. The molecule has 0 saturated heterocycles. The number of carbonyl (C=O) groups is 2. The number of amides is 2. The highest BCUT2D eigenvalue weighted by atomic mass is 16.4. The molecule has 1 fully saturated rings. The summed E-state index contributed by atoms with van der Waals surface area (Å²) in [5.74, 6) is -0.130. The third kappa shape index (κ3) is 6.14. The van der Waals surface area contributed by atoms with Crippen molar-refractivity contribution in [2.24, 2.45) is 5.92 Å². The van der Waals surface area contributed by atoms with Crippen LogP contribution in [0.2, 0.25) is 0 Å². The summed E-state index contributed by atoms with van der Waals surface area (Å²) in [5, 5.41) is 14.1. The largest absolute Gasteiger partial charge is 0.481 e. The third-order valence-electron chi connectivity index (χ3n) is 3.18. The first-order valence-corrected chi connectivity index (χ1v) is 6.34. The van der Waals surface area contributed by atoms with Crippen LogP contribution in [0.4, 0.5) is 4.79 Å². The Balaban J connectivity index is 2.01. The highest BCUT2D eigenvalue weighted by Crippen LogP contribution is 2.24. The zero-order valence-electron chi connectivity index (χ0n) is 10.4. The lowest BCUT2D eigenvalue weighted by Gasteiger charge is -2.25. The topological polar surface area (TPSA) is 78.4 Å². The molecule has 0 aromatic carbocycles. The fraction of sp³-hybridized carbons (Fsp3) is 0.833. The first-order valence-electron chi connectivity index (χ1n) is 6.34. The molecule has 1 aliphatic rings. The van der Waals surface area contributed by atoms with Gasteiger partial charge in [-0.3, -0.25) is 4.79 Å². The average molecular weight is 242 g/mol. The van der Waals surface area contributed by atoms with Gasteiger partial charge in [-0.15, -0.1) is 0 Å². The van der Waals surface area contributed by atoms with E-state index >= 15 is 0 Å². The minimum Gasteiger partial charge on any atom is -0.481 e. The number of hydrogen-bond acceptors (Lipinski definition) is 2. The van der Waals surface area contributed by atoms with Crippen molar-refractivity contribution in [2.45, 2.75) is 51.5 Å². The summed E-state index contributed by atoms with van der Waals surface area (Å²) in [7, 11) is 0. The SMILES string of the molecule is CC(CCCC(=O)O)NC(=O)NCC1CCC1. The highest BCUT2D eigenvalue weighted by Gasteiger charge is 2.18. The Hall–Kier alpha value is -1.26. The van der Waals surface area contributed by atoms with Gasteiger partial charge in [-0.1, -0.05) is 6.42 Å². The summed E-state index contributed by atoms with van der Waals surface area (Å²) in [6.45, 7) is 2.65. The van der Waals surface area contributed by atoms with Gasteiger partial charge < -0.3 is 15.7 Å². The maximum absolute atomic E-state index is 11.5. The van der Waals surface area contributed by atoms with Gasteiger partial charge in [0.2, 0.25) is 0 Å². The standard InChI is InChI=1S/C12H22N2O3/c1-9(4-2-7-11(15)16)14-12(17)13-8-10-5-3-6-10/h9-10H,2-8H2,1H3,(H,15,16)(H2,13,14,17). The molecule has 17 heavy (non-hydrogen) atoms. The molecule has 1 saturated carbocycles. The molecular formula is C12H22N2O3. The number of rotatable bonds is 7. The molecule has 0 aliphatic heterocycles. The lowest BCUT2D eigenvalue weighted by Crippen LogP contribution is -2.43. The van der Waals surface area contributed by atoms with Gasteiger partial charge in [0.25, 0.3) is 0 Å². The molecule has 0 spiro atoms. The normalized spacial score (nSPS) is 17.0. The summed E-state index contributed by atoms with van der Waals surface area (Å²) in [4.78, 5) is 21.8. The fourth-order valence-electron chi connectivity index (χ4n) is 1.84. The maximum atomic E-state index is 11.5. The van der Waals surface area contributed by atoms with Crippen LogP contribution in [0.1, 0.15) is 45.4 Å². The first-order chi connectivity index (χ1) is 8.08. The molecule has 1 atom stereocenters. The Kier molecular flexibility index (Phi) is 5.80. The van der Waals surface area contributed by atoms with Crippen molar-refractivity contribution in [2.75, 3.05) is 6.54 Å². The Bertz CT molecular complexity index is 264. The predicted molar refractivity (Wildman–Crippen MR) is 64.8 cm³/mol. The van der Waals surface area contributed by atoms with E-state index in [0.29, 0.717) is 18.8 Å². The van der Waals surface area contributed by atoms with Gasteiger partial charge >= 0.3 is 12.0 Å². The number of nitrogens with one attached hydrogen (secondary N) is 2. The molecule has 0 aromatic heterocycles. The summed E-state index contributed by atoms with van der Waals surface area (Å²) in [5.41, 5.74) is 0. The molecule has 0 heterocycles. The molecule has 2 amide bonds. The predicted octanol–water partition coefficient (Wildman–Crippen LogP) is 1.73. The van der Waals surface area contributed by atoms with E-state index in [1.54, 1.807) is 0 Å². The van der Waals surface area contributed by atoms with Gasteiger partial charge in [-0.05, 0) is 38.5 Å². The quantitative estimate of drug-likeness (QED) is 0.636. The maximum Gasteiger partial charge on any atom is 0.315 e. The van der Waals surface area contributed by atoms with Crippen LogP contribution >= 0.6 is 0 Å². The van der Waals surface area contributed by atoms with Gasteiger partial charge in [-0.25, -0.2) is 4.79 Å². The monoisotopic (exact) mass is 242 g/mol. The Morgan fingerprint density at radius 2 is 2.12 bits per heavy atom. The summed E-state index contributed by atoms with van der Waals surface area (Å²) in [6.07, 6.45) is 5.17. The van der Waals surface area contributed by atoms with Crippen LogP contribution in [-0.4, -0.2) is 29.7 Å². The van der Waals surface area contributed by atoms with Crippen LogP contribution in [0.3, 0.4) is 0 Å². The molecule has 5 heteroatoms. The van der Waals surface area contributed by atoms with Crippen LogP contribution in [0.15, 0.2) is 0 Å². The third-order valence-corrected chi connectivity index (χ3v) is 3.18. The van der Waals surface area contributed by atoms with Gasteiger partial charge in [0.05, 0.1) is 0 Å². The number of urea groups is 1.